The van der Waals surface area contributed by atoms with E-state index in [4.69, 9.17) is 23.2 Å². The van der Waals surface area contributed by atoms with E-state index in [1.165, 1.54) is 0 Å². The summed E-state index contributed by atoms with van der Waals surface area (Å²) >= 11 is 11.7. The first-order chi connectivity index (χ1) is 13.2. The maximum absolute atomic E-state index is 5.87. The number of benzene rings is 2. The first-order valence-electron chi connectivity index (χ1n) is 8.82. The molecule has 0 aliphatic heterocycles. The van der Waals surface area contributed by atoms with Gasteiger partial charge in [0.15, 0.2) is 0 Å². The van der Waals surface area contributed by atoms with Gasteiger partial charge in [0.2, 0.25) is 0 Å². The van der Waals surface area contributed by atoms with E-state index in [0.29, 0.717) is 11.8 Å². The Kier molecular flexibility index (Phi) is 6.91. The third-order valence-corrected chi connectivity index (χ3v) is 4.62. The lowest BCUT2D eigenvalue weighted by atomic mass is 10.2. The van der Waals surface area contributed by atoms with Crippen molar-refractivity contribution in [2.75, 3.05) is 29.7 Å². The Balaban J connectivity index is 1.68. The number of hydrogen-bond acceptors (Lipinski definition) is 3. The molecule has 4 nitrogen and oxygen atoms in total. The zero-order valence-corrected chi connectivity index (χ0v) is 16.7. The molecule has 0 N–H and O–H groups in total. The average molecular weight is 401 g/mol. The highest BCUT2D eigenvalue weighted by molar-refractivity contribution is 6.18. The van der Waals surface area contributed by atoms with Gasteiger partial charge in [0.05, 0.1) is 5.69 Å². The molecule has 0 aliphatic rings. The quantitative estimate of drug-likeness (QED) is 0.383. The molecule has 0 saturated heterocycles. The number of aliphatic imine (C=N–C) groups is 1. The Morgan fingerprint density at radius 1 is 1.00 bits per heavy atom. The predicted molar refractivity (Wildman–Crippen MR) is 116 cm³/mol. The fourth-order valence-electron chi connectivity index (χ4n) is 2.84. The third-order valence-electron chi connectivity index (χ3n) is 4.28. The third kappa shape index (κ3) is 5.12. The molecule has 3 aromatic rings. The molecule has 0 radical (unpaired) electrons. The second kappa shape index (κ2) is 9.58. The zero-order chi connectivity index (χ0) is 19.1. The van der Waals surface area contributed by atoms with E-state index in [1.807, 2.05) is 48.2 Å². The van der Waals surface area contributed by atoms with Gasteiger partial charge in [0, 0.05) is 54.8 Å². The molecule has 6 heteroatoms. The van der Waals surface area contributed by atoms with Crippen molar-refractivity contribution in [3.63, 3.8) is 0 Å². The standard InChI is InChI=1S/C21H22Cl2N4/c1-17-24-12-15-27(17)21-8-4-19(5-9-21)25-16-18-2-6-20(7-3-18)26(13-10-22)14-11-23/h2-9,12,15-16H,10-11,13-14H2,1H3. The van der Waals surface area contributed by atoms with Crippen LogP contribution < -0.4 is 4.90 Å². The molecule has 1 heterocycles. The summed E-state index contributed by atoms with van der Waals surface area (Å²) in [5.74, 6) is 2.12. The fourth-order valence-corrected chi connectivity index (χ4v) is 3.25. The highest BCUT2D eigenvalue weighted by Crippen LogP contribution is 2.18. The van der Waals surface area contributed by atoms with Gasteiger partial charge >= 0.3 is 0 Å². The second-order valence-electron chi connectivity index (χ2n) is 6.08. The van der Waals surface area contributed by atoms with Crippen molar-refractivity contribution >= 4 is 40.8 Å². The average Bonchev–Trinajstić information content (AvgIpc) is 3.13. The molecule has 0 unspecified atom stereocenters. The second-order valence-corrected chi connectivity index (χ2v) is 6.83. The molecular formula is C21H22Cl2N4. The number of imidazole rings is 1. The maximum atomic E-state index is 5.87. The first-order valence-corrected chi connectivity index (χ1v) is 9.89. The molecule has 2 aromatic carbocycles. The number of halogens is 2. The monoisotopic (exact) mass is 400 g/mol. The lowest BCUT2D eigenvalue weighted by Crippen LogP contribution is -2.27. The van der Waals surface area contributed by atoms with E-state index in [9.17, 15) is 0 Å². The van der Waals surface area contributed by atoms with Crippen LogP contribution in [0, 0.1) is 6.92 Å². The highest BCUT2D eigenvalue weighted by Gasteiger charge is 2.05. The van der Waals surface area contributed by atoms with E-state index in [-0.39, 0.29) is 0 Å². The van der Waals surface area contributed by atoms with Gasteiger partial charge in [0.1, 0.15) is 5.82 Å². The molecule has 140 valence electrons. The molecule has 0 atom stereocenters. The molecule has 1 aromatic heterocycles. The Hall–Kier alpha value is -2.30. The summed E-state index contributed by atoms with van der Waals surface area (Å²) in [5.41, 5.74) is 4.15. The molecule has 3 rings (SSSR count). The Labute approximate surface area is 170 Å². The normalized spacial score (nSPS) is 11.2. The summed E-state index contributed by atoms with van der Waals surface area (Å²) in [4.78, 5) is 11.0. The lowest BCUT2D eigenvalue weighted by Gasteiger charge is -2.22. The summed E-state index contributed by atoms with van der Waals surface area (Å²) < 4.78 is 2.04. The van der Waals surface area contributed by atoms with Crippen LogP contribution in [0.4, 0.5) is 11.4 Å². The van der Waals surface area contributed by atoms with Gasteiger partial charge in [-0.2, -0.15) is 0 Å². The van der Waals surface area contributed by atoms with Gasteiger partial charge in [-0.05, 0) is 48.9 Å². The van der Waals surface area contributed by atoms with Gasteiger partial charge in [-0.25, -0.2) is 4.98 Å². The zero-order valence-electron chi connectivity index (χ0n) is 15.2. The van der Waals surface area contributed by atoms with E-state index >= 15 is 0 Å². The number of aryl methyl sites for hydroxylation is 1. The topological polar surface area (TPSA) is 33.4 Å². The van der Waals surface area contributed by atoms with Crippen molar-refractivity contribution < 1.29 is 0 Å². The minimum atomic E-state index is 0.578. The summed E-state index contributed by atoms with van der Waals surface area (Å²) in [5, 5.41) is 0. The van der Waals surface area contributed by atoms with E-state index in [0.717, 1.165) is 41.5 Å². The molecule has 0 fully saturated rings. The molecule has 0 bridgehead atoms. The Bertz CT molecular complexity index is 864. The van der Waals surface area contributed by atoms with Gasteiger partial charge in [0.25, 0.3) is 0 Å². The smallest absolute Gasteiger partial charge is 0.110 e. The van der Waals surface area contributed by atoms with Crippen molar-refractivity contribution in [2.24, 2.45) is 4.99 Å². The van der Waals surface area contributed by atoms with Crippen molar-refractivity contribution in [3.8, 4) is 5.69 Å². The van der Waals surface area contributed by atoms with Crippen LogP contribution in [0.1, 0.15) is 11.4 Å². The number of alkyl halides is 2. The van der Waals surface area contributed by atoms with Crippen LogP contribution in [0.5, 0.6) is 0 Å². The van der Waals surface area contributed by atoms with Crippen LogP contribution in [-0.4, -0.2) is 40.6 Å². The fraction of sp³-hybridized carbons (Fsp3) is 0.238. The van der Waals surface area contributed by atoms with Crippen molar-refractivity contribution in [1.82, 2.24) is 9.55 Å². The van der Waals surface area contributed by atoms with E-state index in [2.05, 4.69) is 39.1 Å². The number of nitrogens with zero attached hydrogens (tertiary/aromatic N) is 4. The molecule has 0 aliphatic carbocycles. The van der Waals surface area contributed by atoms with Gasteiger partial charge in [-0.15, -0.1) is 23.2 Å². The molecule has 27 heavy (non-hydrogen) atoms. The SMILES string of the molecule is Cc1nccn1-c1ccc(N=Cc2ccc(N(CCCl)CCCl)cc2)cc1. The largest absolute Gasteiger partial charge is 0.369 e. The maximum Gasteiger partial charge on any atom is 0.110 e. The predicted octanol–water partition coefficient (Wildman–Crippen LogP) is 5.22. The summed E-state index contributed by atoms with van der Waals surface area (Å²) in [7, 11) is 0. The molecule has 0 amide bonds. The van der Waals surface area contributed by atoms with Gasteiger partial charge in [-0.1, -0.05) is 12.1 Å². The van der Waals surface area contributed by atoms with Crippen LogP contribution in [0.25, 0.3) is 5.69 Å². The van der Waals surface area contributed by atoms with Crippen molar-refractivity contribution in [2.45, 2.75) is 6.92 Å². The summed E-state index contributed by atoms with van der Waals surface area (Å²) in [6, 6.07) is 16.3. The van der Waals surface area contributed by atoms with Crippen LogP contribution in [-0.2, 0) is 0 Å². The van der Waals surface area contributed by atoms with Crippen LogP contribution in [0.2, 0.25) is 0 Å². The van der Waals surface area contributed by atoms with Gasteiger partial charge < -0.3 is 9.47 Å². The highest BCUT2D eigenvalue weighted by atomic mass is 35.5. The number of rotatable bonds is 8. The summed E-state index contributed by atoms with van der Waals surface area (Å²) in [6.07, 6.45) is 5.62. The minimum Gasteiger partial charge on any atom is -0.369 e. The van der Waals surface area contributed by atoms with Crippen LogP contribution >= 0.6 is 23.2 Å². The van der Waals surface area contributed by atoms with Crippen LogP contribution in [0.3, 0.4) is 0 Å². The van der Waals surface area contributed by atoms with Crippen molar-refractivity contribution in [3.05, 3.63) is 72.3 Å². The number of hydrogen-bond donors (Lipinski definition) is 0. The van der Waals surface area contributed by atoms with E-state index < -0.39 is 0 Å². The summed E-state index contributed by atoms with van der Waals surface area (Å²) in [6.45, 7) is 3.55. The first kappa shape index (κ1) is 19.5. The van der Waals surface area contributed by atoms with Gasteiger partial charge in [-0.3, -0.25) is 4.99 Å². The number of aromatic nitrogens is 2. The Morgan fingerprint density at radius 2 is 1.67 bits per heavy atom. The molecule has 0 saturated carbocycles. The molecular weight excluding hydrogens is 379 g/mol. The minimum absolute atomic E-state index is 0.578. The van der Waals surface area contributed by atoms with E-state index in [1.54, 1.807) is 6.20 Å². The van der Waals surface area contributed by atoms with Crippen molar-refractivity contribution in [1.29, 1.82) is 0 Å². The molecule has 0 spiro atoms. The Morgan fingerprint density at radius 3 is 2.22 bits per heavy atom. The lowest BCUT2D eigenvalue weighted by molar-refractivity contribution is 0.874. The van der Waals surface area contributed by atoms with Crippen LogP contribution in [0.15, 0.2) is 65.9 Å². The number of anilines is 1.